The highest BCUT2D eigenvalue weighted by atomic mass is 16.6. The third kappa shape index (κ3) is 7.98. The fourth-order valence-electron chi connectivity index (χ4n) is 5.05. The lowest BCUT2D eigenvalue weighted by molar-refractivity contribution is -0.166. The Hall–Kier alpha value is -3.80. The number of esters is 1. The van der Waals surface area contributed by atoms with Crippen molar-refractivity contribution in [2.45, 2.75) is 110 Å². The van der Waals surface area contributed by atoms with Crippen molar-refractivity contribution in [3.05, 3.63) is 42.3 Å². The van der Waals surface area contributed by atoms with E-state index in [4.69, 9.17) is 14.2 Å². The first-order valence-corrected chi connectivity index (χ1v) is 14.7. The molecule has 2 amide bonds. The molecule has 12 heteroatoms. The normalized spacial score (nSPS) is 24.9. The fourth-order valence-corrected chi connectivity index (χ4v) is 5.05. The van der Waals surface area contributed by atoms with Gasteiger partial charge in [-0.25, -0.2) is 14.4 Å². The van der Waals surface area contributed by atoms with Crippen LogP contribution in [-0.2, 0) is 19.0 Å². The molecule has 0 spiro atoms. The molecule has 1 aliphatic carbocycles. The van der Waals surface area contributed by atoms with Gasteiger partial charge < -0.3 is 29.7 Å². The van der Waals surface area contributed by atoms with E-state index >= 15 is 0 Å². The summed E-state index contributed by atoms with van der Waals surface area (Å²) in [5, 5.41) is 25.0. The molecule has 0 aromatic carbocycles. The van der Waals surface area contributed by atoms with Crippen molar-refractivity contribution in [3.8, 4) is 5.75 Å². The van der Waals surface area contributed by atoms with Crippen molar-refractivity contribution < 1.29 is 43.6 Å². The van der Waals surface area contributed by atoms with Crippen LogP contribution in [0.1, 0.15) is 97.3 Å². The summed E-state index contributed by atoms with van der Waals surface area (Å²) in [6, 6.07) is 0.0351. The molecule has 0 fully saturated rings. The summed E-state index contributed by atoms with van der Waals surface area (Å²) in [7, 11) is 0. The number of aliphatic hydroxyl groups excluding tert-OH is 1. The first-order valence-electron chi connectivity index (χ1n) is 14.7. The Labute approximate surface area is 252 Å². The Kier molecular flexibility index (Phi) is 10.4. The molecule has 1 aromatic rings. The lowest BCUT2D eigenvalue weighted by Crippen LogP contribution is -2.65. The lowest BCUT2D eigenvalue weighted by Gasteiger charge is -2.49. The molecule has 4 unspecified atom stereocenters. The minimum Gasteiger partial charge on any atom is -0.506 e. The number of aliphatic hydroxyl groups is 1. The summed E-state index contributed by atoms with van der Waals surface area (Å²) in [6.07, 6.45) is 7.16. The van der Waals surface area contributed by atoms with Gasteiger partial charge in [0, 0.05) is 12.0 Å². The van der Waals surface area contributed by atoms with E-state index in [9.17, 15) is 29.4 Å². The van der Waals surface area contributed by atoms with Gasteiger partial charge in [0.1, 0.15) is 23.0 Å². The molecule has 0 saturated carbocycles. The average Bonchev–Trinajstić information content (AvgIpc) is 3.25. The fraction of sp³-hybridized carbons (Fsp3) is 0.613. The Morgan fingerprint density at radius 2 is 1.72 bits per heavy atom. The van der Waals surface area contributed by atoms with Crippen LogP contribution in [0.4, 0.5) is 9.59 Å². The number of rotatable bonds is 3. The Morgan fingerprint density at radius 3 is 2.30 bits per heavy atom. The van der Waals surface area contributed by atoms with Gasteiger partial charge in [-0.1, -0.05) is 31.1 Å². The highest BCUT2D eigenvalue weighted by Crippen LogP contribution is 2.44. The first-order chi connectivity index (χ1) is 20.0. The summed E-state index contributed by atoms with van der Waals surface area (Å²) in [5.74, 6) is -2.52. The van der Waals surface area contributed by atoms with E-state index < -0.39 is 59.0 Å². The first kappa shape index (κ1) is 33.7. The molecule has 43 heavy (non-hydrogen) atoms. The zero-order valence-electron chi connectivity index (χ0n) is 26.1. The molecule has 238 valence electrons. The van der Waals surface area contributed by atoms with Gasteiger partial charge in [0.05, 0.1) is 18.5 Å². The smallest absolute Gasteiger partial charge is 0.413 e. The third-order valence-electron chi connectivity index (χ3n) is 6.94. The number of hydrogen-bond donors (Lipinski definition) is 3. The van der Waals surface area contributed by atoms with E-state index in [-0.39, 0.29) is 24.5 Å². The minimum atomic E-state index is -1.96. The Balaban J connectivity index is 2.18. The van der Waals surface area contributed by atoms with Gasteiger partial charge in [-0.15, -0.1) is 0 Å². The Bertz CT molecular complexity index is 1250. The molecule has 0 bridgehead atoms. The number of amides is 2. The summed E-state index contributed by atoms with van der Waals surface area (Å²) in [4.78, 5) is 54.9. The van der Waals surface area contributed by atoms with Crippen LogP contribution in [0.2, 0.25) is 0 Å². The largest absolute Gasteiger partial charge is 0.506 e. The number of carbonyl (C=O) groups is 4. The van der Waals surface area contributed by atoms with Crippen molar-refractivity contribution >= 4 is 24.1 Å². The minimum absolute atomic E-state index is 0.0107. The third-order valence-corrected chi connectivity index (χ3v) is 6.94. The Morgan fingerprint density at radius 1 is 1.05 bits per heavy atom. The van der Waals surface area contributed by atoms with Gasteiger partial charge in [-0.2, -0.15) is 0 Å². The van der Waals surface area contributed by atoms with Crippen molar-refractivity contribution in [1.29, 1.82) is 0 Å². The number of hydrogen-bond acceptors (Lipinski definition) is 9. The van der Waals surface area contributed by atoms with Gasteiger partial charge >= 0.3 is 18.2 Å². The van der Waals surface area contributed by atoms with Crippen LogP contribution in [0.25, 0.3) is 0 Å². The SMILES string of the molecule is CCOC(=O)C12C=CC1C=CCCCCCC(NC(=O)OC(C)(C)C)C(=O)n1cc(O)cc1C(O)N2C(=O)OC(C)(C)C. The van der Waals surface area contributed by atoms with Gasteiger partial charge in [0.15, 0.2) is 11.8 Å². The van der Waals surface area contributed by atoms with E-state index in [1.54, 1.807) is 60.6 Å². The molecule has 0 saturated heterocycles. The van der Waals surface area contributed by atoms with Gasteiger partial charge in [0.25, 0.3) is 5.91 Å². The number of fused-ring (bicyclic) bond motifs is 2. The second-order valence-electron chi connectivity index (χ2n) is 12.8. The van der Waals surface area contributed by atoms with Crippen molar-refractivity contribution in [2.24, 2.45) is 5.92 Å². The van der Waals surface area contributed by atoms with E-state index in [2.05, 4.69) is 5.32 Å². The van der Waals surface area contributed by atoms with E-state index in [1.807, 2.05) is 6.08 Å². The maximum absolute atomic E-state index is 13.9. The number of carbonyl (C=O) groups excluding carboxylic acids is 4. The van der Waals surface area contributed by atoms with Crippen LogP contribution >= 0.6 is 0 Å². The van der Waals surface area contributed by atoms with Crippen LogP contribution in [0.5, 0.6) is 5.75 Å². The molecule has 1 aliphatic heterocycles. The molecule has 3 N–H and O–H groups in total. The molecule has 2 heterocycles. The van der Waals surface area contributed by atoms with Gasteiger partial charge in [0.2, 0.25) is 0 Å². The van der Waals surface area contributed by atoms with Crippen molar-refractivity contribution in [1.82, 2.24) is 14.8 Å². The predicted octanol–water partition coefficient (Wildman–Crippen LogP) is 4.96. The molecule has 2 aliphatic rings. The van der Waals surface area contributed by atoms with E-state index in [1.165, 1.54) is 6.08 Å². The summed E-state index contributed by atoms with van der Waals surface area (Å²) < 4.78 is 17.4. The van der Waals surface area contributed by atoms with Crippen LogP contribution in [-0.4, -0.2) is 73.1 Å². The quantitative estimate of drug-likeness (QED) is 0.247. The number of aromatic nitrogens is 1. The predicted molar refractivity (Wildman–Crippen MR) is 157 cm³/mol. The monoisotopic (exact) mass is 603 g/mol. The second kappa shape index (κ2) is 13.2. The number of aromatic hydroxyl groups is 1. The van der Waals surface area contributed by atoms with Crippen LogP contribution < -0.4 is 5.32 Å². The second-order valence-corrected chi connectivity index (χ2v) is 12.8. The maximum atomic E-state index is 13.9. The summed E-state index contributed by atoms with van der Waals surface area (Å²) in [6.45, 7) is 11.7. The number of alkyl carbamates (subject to hydrolysis) is 1. The zero-order chi connectivity index (χ0) is 32.2. The molecule has 12 nitrogen and oxygen atoms in total. The molecular weight excluding hydrogens is 558 g/mol. The molecular formula is C31H45N3O9. The van der Waals surface area contributed by atoms with E-state index in [0.717, 1.165) is 34.6 Å². The van der Waals surface area contributed by atoms with Crippen LogP contribution in [0, 0.1) is 5.92 Å². The van der Waals surface area contributed by atoms with Crippen LogP contribution in [0.15, 0.2) is 36.6 Å². The molecule has 4 atom stereocenters. The number of ether oxygens (including phenoxy) is 3. The number of allylic oxidation sites excluding steroid dienone is 1. The molecule has 1 aromatic heterocycles. The van der Waals surface area contributed by atoms with Crippen molar-refractivity contribution in [2.75, 3.05) is 6.61 Å². The highest BCUT2D eigenvalue weighted by Gasteiger charge is 2.58. The van der Waals surface area contributed by atoms with Crippen molar-refractivity contribution in [3.63, 3.8) is 0 Å². The summed E-state index contributed by atoms with van der Waals surface area (Å²) in [5.41, 5.74) is -3.85. The average molecular weight is 604 g/mol. The molecule has 3 rings (SSSR count). The summed E-state index contributed by atoms with van der Waals surface area (Å²) >= 11 is 0. The molecule has 0 radical (unpaired) electrons. The van der Waals surface area contributed by atoms with Gasteiger partial charge in [-0.05, 0) is 73.8 Å². The highest BCUT2D eigenvalue weighted by molar-refractivity contribution is 5.92. The topological polar surface area (TPSA) is 157 Å². The maximum Gasteiger partial charge on any atom is 0.413 e. The van der Waals surface area contributed by atoms with E-state index in [0.29, 0.717) is 12.8 Å². The number of nitrogens with one attached hydrogen (secondary N) is 1. The standard InChI is InChI=1S/C31H45N3O9/c1-8-41-26(38)31-17-16-20(31)14-12-10-9-11-13-15-22(32-27(39)42-29(2,3)4)24(36)33-19-21(35)18-23(33)25(37)34(31)28(40)43-30(5,6)7/h12,14,16-20,22,25,35,37H,8-11,13,15H2,1-7H3,(H,32,39). The lowest BCUT2D eigenvalue weighted by atomic mass is 9.72. The van der Waals surface area contributed by atoms with Gasteiger partial charge in [-0.3, -0.25) is 14.3 Å². The zero-order valence-corrected chi connectivity index (χ0v) is 26.1. The number of nitrogens with zero attached hydrogens (tertiary/aromatic N) is 2. The van der Waals surface area contributed by atoms with Crippen LogP contribution in [0.3, 0.4) is 0 Å².